The number of carbonyl (C=O) groups is 2. The quantitative estimate of drug-likeness (QED) is 0.428. The maximum Gasteiger partial charge on any atom is 0.309 e. The summed E-state index contributed by atoms with van der Waals surface area (Å²) in [4.78, 5) is 22.7. The summed E-state index contributed by atoms with van der Waals surface area (Å²) >= 11 is 0. The number of piperidine rings is 1. The van der Waals surface area contributed by atoms with Gasteiger partial charge in [0, 0.05) is 26.2 Å². The zero-order valence-corrected chi connectivity index (χ0v) is 10.3. The van der Waals surface area contributed by atoms with Gasteiger partial charge in [0.15, 0.2) is 0 Å². The maximum atomic E-state index is 11.4. The monoisotopic (exact) mass is 243 g/mol. The third kappa shape index (κ3) is 5.65. The highest BCUT2D eigenvalue weighted by molar-refractivity contribution is 6.35. The summed E-state index contributed by atoms with van der Waals surface area (Å²) in [6, 6.07) is 0.291. The van der Waals surface area contributed by atoms with Crippen LogP contribution in [0.25, 0.3) is 0 Å². The van der Waals surface area contributed by atoms with Crippen LogP contribution < -0.4 is 16.0 Å². The molecule has 0 aliphatic carbocycles. The third-order valence-corrected chi connectivity index (χ3v) is 2.72. The van der Waals surface area contributed by atoms with Crippen molar-refractivity contribution < 1.29 is 14.3 Å². The normalized spacial score (nSPS) is 19.7. The van der Waals surface area contributed by atoms with Crippen LogP contribution in [0.4, 0.5) is 0 Å². The summed E-state index contributed by atoms with van der Waals surface area (Å²) in [5, 5.41) is 8.40. The van der Waals surface area contributed by atoms with Crippen molar-refractivity contribution in [3.8, 4) is 0 Å². The Bertz CT molecular complexity index is 252. The first-order valence-corrected chi connectivity index (χ1v) is 6.02. The van der Waals surface area contributed by atoms with Crippen LogP contribution in [0, 0.1) is 0 Å². The van der Waals surface area contributed by atoms with Gasteiger partial charge in [-0.05, 0) is 19.4 Å². The number of hydrogen-bond acceptors (Lipinski definition) is 4. The van der Waals surface area contributed by atoms with E-state index >= 15 is 0 Å². The van der Waals surface area contributed by atoms with Crippen LogP contribution in [0.5, 0.6) is 0 Å². The molecular formula is C11H21N3O3. The minimum absolute atomic E-state index is 0.291. The SMILES string of the molecule is COCCNC(=O)C(=O)NCC1CCCCN1. The Labute approximate surface area is 101 Å². The molecular weight excluding hydrogens is 222 g/mol. The number of amides is 2. The van der Waals surface area contributed by atoms with E-state index in [0.717, 1.165) is 13.0 Å². The van der Waals surface area contributed by atoms with Crippen LogP contribution in [0.15, 0.2) is 0 Å². The summed E-state index contributed by atoms with van der Waals surface area (Å²) in [5.41, 5.74) is 0. The first kappa shape index (κ1) is 13.9. The second kappa shape index (κ2) is 8.03. The van der Waals surface area contributed by atoms with E-state index in [9.17, 15) is 9.59 Å². The van der Waals surface area contributed by atoms with Gasteiger partial charge >= 0.3 is 11.8 Å². The number of hydrogen-bond donors (Lipinski definition) is 3. The van der Waals surface area contributed by atoms with Crippen LogP contribution in [-0.2, 0) is 14.3 Å². The fraction of sp³-hybridized carbons (Fsp3) is 0.818. The average molecular weight is 243 g/mol. The summed E-state index contributed by atoms with van der Waals surface area (Å²) in [6.07, 6.45) is 3.40. The Morgan fingerprint density at radius 1 is 1.29 bits per heavy atom. The van der Waals surface area contributed by atoms with Crippen LogP contribution in [0.3, 0.4) is 0 Å². The van der Waals surface area contributed by atoms with E-state index in [0.29, 0.717) is 25.7 Å². The van der Waals surface area contributed by atoms with Crippen molar-refractivity contribution in [1.29, 1.82) is 0 Å². The van der Waals surface area contributed by atoms with Gasteiger partial charge in [0.2, 0.25) is 0 Å². The first-order chi connectivity index (χ1) is 8.24. The molecule has 3 N–H and O–H groups in total. The Hall–Kier alpha value is -1.14. The average Bonchev–Trinajstić information content (AvgIpc) is 2.37. The molecule has 6 nitrogen and oxygen atoms in total. The molecule has 1 rings (SSSR count). The summed E-state index contributed by atoms with van der Waals surface area (Å²) < 4.78 is 4.77. The summed E-state index contributed by atoms with van der Waals surface area (Å²) in [6.45, 7) is 2.25. The smallest absolute Gasteiger partial charge is 0.309 e. The first-order valence-electron chi connectivity index (χ1n) is 6.02. The number of rotatable bonds is 5. The molecule has 0 aromatic heterocycles. The van der Waals surface area contributed by atoms with E-state index in [-0.39, 0.29) is 0 Å². The molecule has 98 valence electrons. The minimum atomic E-state index is -0.599. The van der Waals surface area contributed by atoms with Gasteiger partial charge in [-0.3, -0.25) is 9.59 Å². The molecule has 2 amide bonds. The molecule has 1 aliphatic rings. The van der Waals surface area contributed by atoms with Crippen molar-refractivity contribution in [3.05, 3.63) is 0 Å². The van der Waals surface area contributed by atoms with Gasteiger partial charge in [0.1, 0.15) is 0 Å². The molecule has 0 spiro atoms. The zero-order valence-electron chi connectivity index (χ0n) is 10.3. The van der Waals surface area contributed by atoms with Gasteiger partial charge in [-0.1, -0.05) is 6.42 Å². The van der Waals surface area contributed by atoms with Gasteiger partial charge in [0.05, 0.1) is 6.61 Å². The molecule has 1 unspecified atom stereocenters. The van der Waals surface area contributed by atoms with E-state index in [1.165, 1.54) is 12.8 Å². The largest absolute Gasteiger partial charge is 0.383 e. The lowest BCUT2D eigenvalue weighted by molar-refractivity contribution is -0.139. The molecule has 1 saturated heterocycles. The van der Waals surface area contributed by atoms with Gasteiger partial charge in [-0.2, -0.15) is 0 Å². The van der Waals surface area contributed by atoms with Crippen LogP contribution in [0.2, 0.25) is 0 Å². The van der Waals surface area contributed by atoms with Crippen LogP contribution in [0.1, 0.15) is 19.3 Å². The zero-order chi connectivity index (χ0) is 12.5. The standard InChI is InChI=1S/C11H21N3O3/c1-17-7-6-13-10(15)11(16)14-8-9-4-2-3-5-12-9/h9,12H,2-8H2,1H3,(H,13,15)(H,14,16). The van der Waals surface area contributed by atoms with Gasteiger partial charge < -0.3 is 20.7 Å². The molecule has 6 heteroatoms. The summed E-state index contributed by atoms with van der Waals surface area (Å²) in [7, 11) is 1.54. The number of ether oxygens (including phenoxy) is 1. The predicted molar refractivity (Wildman–Crippen MR) is 63.5 cm³/mol. The molecule has 0 radical (unpaired) electrons. The molecule has 1 heterocycles. The van der Waals surface area contributed by atoms with Crippen molar-refractivity contribution in [2.24, 2.45) is 0 Å². The number of nitrogens with one attached hydrogen (secondary N) is 3. The number of carbonyl (C=O) groups excluding carboxylic acids is 2. The van der Waals surface area contributed by atoms with Crippen LogP contribution in [-0.4, -0.2) is 51.2 Å². The van der Waals surface area contributed by atoms with Crippen LogP contribution >= 0.6 is 0 Å². The third-order valence-electron chi connectivity index (χ3n) is 2.72. The molecule has 1 fully saturated rings. The molecule has 0 aromatic carbocycles. The Balaban J connectivity index is 2.12. The predicted octanol–water partition coefficient (Wildman–Crippen LogP) is -0.993. The Morgan fingerprint density at radius 2 is 2.06 bits per heavy atom. The molecule has 0 aromatic rings. The Kier molecular flexibility index (Phi) is 6.57. The molecule has 1 aliphatic heterocycles. The lowest BCUT2D eigenvalue weighted by atomic mass is 10.1. The fourth-order valence-electron chi connectivity index (χ4n) is 1.74. The van der Waals surface area contributed by atoms with Crippen molar-refractivity contribution in [1.82, 2.24) is 16.0 Å². The second-order valence-electron chi connectivity index (χ2n) is 4.11. The molecule has 0 saturated carbocycles. The van der Waals surface area contributed by atoms with Crippen molar-refractivity contribution in [2.75, 3.05) is 33.4 Å². The second-order valence-corrected chi connectivity index (χ2v) is 4.11. The van der Waals surface area contributed by atoms with Crippen molar-refractivity contribution in [2.45, 2.75) is 25.3 Å². The fourth-order valence-corrected chi connectivity index (χ4v) is 1.74. The molecule has 0 bridgehead atoms. The van der Waals surface area contributed by atoms with Crippen molar-refractivity contribution in [3.63, 3.8) is 0 Å². The van der Waals surface area contributed by atoms with Crippen molar-refractivity contribution >= 4 is 11.8 Å². The lowest BCUT2D eigenvalue weighted by Crippen LogP contribution is -2.47. The minimum Gasteiger partial charge on any atom is -0.383 e. The highest BCUT2D eigenvalue weighted by Gasteiger charge is 2.16. The van der Waals surface area contributed by atoms with E-state index in [1.807, 2.05) is 0 Å². The van der Waals surface area contributed by atoms with E-state index < -0.39 is 11.8 Å². The van der Waals surface area contributed by atoms with E-state index in [4.69, 9.17) is 4.74 Å². The van der Waals surface area contributed by atoms with E-state index in [2.05, 4.69) is 16.0 Å². The van der Waals surface area contributed by atoms with Gasteiger partial charge in [-0.15, -0.1) is 0 Å². The highest BCUT2D eigenvalue weighted by Crippen LogP contribution is 2.05. The van der Waals surface area contributed by atoms with E-state index in [1.54, 1.807) is 7.11 Å². The lowest BCUT2D eigenvalue weighted by Gasteiger charge is -2.23. The Morgan fingerprint density at radius 3 is 2.71 bits per heavy atom. The molecule has 1 atom stereocenters. The highest BCUT2D eigenvalue weighted by atomic mass is 16.5. The number of methoxy groups -OCH3 is 1. The summed E-state index contributed by atoms with van der Waals surface area (Å²) in [5.74, 6) is -1.17. The maximum absolute atomic E-state index is 11.4. The van der Waals surface area contributed by atoms with Gasteiger partial charge in [0.25, 0.3) is 0 Å². The van der Waals surface area contributed by atoms with Gasteiger partial charge in [-0.25, -0.2) is 0 Å². The topological polar surface area (TPSA) is 79.5 Å². The molecule has 17 heavy (non-hydrogen) atoms.